The number of carbonyl (C=O) groups is 1. The van der Waals surface area contributed by atoms with Crippen molar-refractivity contribution in [3.63, 3.8) is 0 Å². The van der Waals surface area contributed by atoms with Crippen LogP contribution in [0.2, 0.25) is 0 Å². The zero-order valence-corrected chi connectivity index (χ0v) is 15.3. The lowest BCUT2D eigenvalue weighted by Gasteiger charge is -2.12. The van der Waals surface area contributed by atoms with Crippen molar-refractivity contribution in [3.05, 3.63) is 54.1 Å². The van der Waals surface area contributed by atoms with Gasteiger partial charge in [-0.15, -0.1) is 0 Å². The van der Waals surface area contributed by atoms with Gasteiger partial charge >= 0.3 is 0 Å². The van der Waals surface area contributed by atoms with Crippen LogP contribution in [-0.4, -0.2) is 31.1 Å². The highest BCUT2D eigenvalue weighted by Crippen LogP contribution is 2.30. The van der Waals surface area contributed by atoms with E-state index < -0.39 is 6.04 Å². The van der Waals surface area contributed by atoms with Gasteiger partial charge in [0.2, 0.25) is 5.91 Å². The van der Waals surface area contributed by atoms with E-state index in [0.29, 0.717) is 30.2 Å². The van der Waals surface area contributed by atoms with Crippen LogP contribution < -0.4 is 20.5 Å². The Balaban J connectivity index is 1.88. The number of rotatable bonds is 9. The van der Waals surface area contributed by atoms with Gasteiger partial charge in [0.1, 0.15) is 5.75 Å². The number of amides is 1. The molecule has 134 valence electrons. The summed E-state index contributed by atoms with van der Waals surface area (Å²) in [5.74, 6) is 2.80. The van der Waals surface area contributed by atoms with Gasteiger partial charge < -0.3 is 20.5 Å². The first-order valence-corrected chi connectivity index (χ1v) is 9.45. The van der Waals surface area contributed by atoms with Crippen LogP contribution in [0.3, 0.4) is 0 Å². The Bertz CT molecular complexity index is 677. The van der Waals surface area contributed by atoms with E-state index in [2.05, 4.69) is 5.32 Å². The fraction of sp³-hybridized carbons (Fsp3) is 0.316. The maximum atomic E-state index is 11.9. The summed E-state index contributed by atoms with van der Waals surface area (Å²) in [7, 11) is 1.61. The molecule has 2 aromatic rings. The molecule has 0 aliphatic heterocycles. The molecule has 0 bridgehead atoms. The summed E-state index contributed by atoms with van der Waals surface area (Å²) >= 11 is 1.68. The molecule has 3 N–H and O–H groups in total. The first-order valence-electron chi connectivity index (χ1n) is 8.06. The summed E-state index contributed by atoms with van der Waals surface area (Å²) in [5, 5.41) is 2.86. The minimum Gasteiger partial charge on any atom is -0.493 e. The van der Waals surface area contributed by atoms with E-state index in [-0.39, 0.29) is 5.91 Å². The largest absolute Gasteiger partial charge is 0.493 e. The fourth-order valence-electron chi connectivity index (χ4n) is 2.20. The van der Waals surface area contributed by atoms with Gasteiger partial charge in [-0.1, -0.05) is 24.3 Å². The highest BCUT2D eigenvalue weighted by molar-refractivity contribution is 7.98. The van der Waals surface area contributed by atoms with E-state index in [1.54, 1.807) is 18.9 Å². The van der Waals surface area contributed by atoms with Crippen molar-refractivity contribution in [3.8, 4) is 17.2 Å². The molecule has 0 aromatic heterocycles. The molecule has 6 heteroatoms. The summed E-state index contributed by atoms with van der Waals surface area (Å²) in [6.45, 7) is 0.445. The molecular formula is C19H24N2O3S. The molecule has 0 radical (unpaired) electrons. The maximum Gasteiger partial charge on any atom is 0.237 e. The number of carbonyl (C=O) groups excluding carboxylic acids is 1. The average molecular weight is 360 g/mol. The molecule has 1 atom stereocenters. The van der Waals surface area contributed by atoms with Crippen molar-refractivity contribution in [2.24, 2.45) is 5.73 Å². The van der Waals surface area contributed by atoms with Crippen molar-refractivity contribution in [1.29, 1.82) is 0 Å². The number of hydrogen-bond acceptors (Lipinski definition) is 5. The number of hydrogen-bond donors (Lipinski definition) is 2. The van der Waals surface area contributed by atoms with Gasteiger partial charge in [-0.25, -0.2) is 0 Å². The van der Waals surface area contributed by atoms with Crippen molar-refractivity contribution >= 4 is 17.7 Å². The maximum absolute atomic E-state index is 11.9. The molecule has 0 saturated heterocycles. The number of thioether (sulfide) groups is 1. The first-order chi connectivity index (χ1) is 12.1. The van der Waals surface area contributed by atoms with Gasteiger partial charge in [0.25, 0.3) is 0 Å². The highest BCUT2D eigenvalue weighted by Gasteiger charge is 2.12. The van der Waals surface area contributed by atoms with E-state index in [1.807, 2.05) is 54.8 Å². The van der Waals surface area contributed by atoms with Gasteiger partial charge in [0, 0.05) is 6.54 Å². The first kappa shape index (κ1) is 19.1. The summed E-state index contributed by atoms with van der Waals surface area (Å²) in [6, 6.07) is 14.6. The molecule has 25 heavy (non-hydrogen) atoms. The van der Waals surface area contributed by atoms with E-state index in [4.69, 9.17) is 15.2 Å². The smallest absolute Gasteiger partial charge is 0.237 e. The third kappa shape index (κ3) is 5.99. The molecular weight excluding hydrogens is 336 g/mol. The zero-order chi connectivity index (χ0) is 18.1. The average Bonchev–Trinajstić information content (AvgIpc) is 2.65. The molecule has 0 aliphatic rings. The second kappa shape index (κ2) is 9.96. The molecule has 0 spiro atoms. The van der Waals surface area contributed by atoms with Gasteiger partial charge in [0.05, 0.1) is 13.2 Å². The Labute approximate surface area is 152 Å². The van der Waals surface area contributed by atoms with E-state index in [1.165, 1.54) is 0 Å². The van der Waals surface area contributed by atoms with Crippen LogP contribution in [0.15, 0.2) is 48.5 Å². The van der Waals surface area contributed by atoms with E-state index in [9.17, 15) is 4.79 Å². The van der Waals surface area contributed by atoms with Crippen LogP contribution in [0.25, 0.3) is 0 Å². The normalized spacial score (nSPS) is 11.6. The second-order valence-corrected chi connectivity index (χ2v) is 6.49. The van der Waals surface area contributed by atoms with Crippen LogP contribution in [0.4, 0.5) is 0 Å². The Morgan fingerprint density at radius 2 is 1.84 bits per heavy atom. The van der Waals surface area contributed by atoms with Crippen molar-refractivity contribution in [1.82, 2.24) is 5.32 Å². The van der Waals surface area contributed by atoms with Gasteiger partial charge in [-0.05, 0) is 48.3 Å². The molecule has 0 saturated carbocycles. The SMILES string of the molecule is COc1ccccc1Oc1ccc(CNC(=O)[C@@H](N)CCSC)cc1. The number of benzene rings is 2. The quantitative estimate of drug-likeness (QED) is 0.718. The number of methoxy groups -OCH3 is 1. The second-order valence-electron chi connectivity index (χ2n) is 5.50. The Morgan fingerprint density at radius 1 is 1.16 bits per heavy atom. The van der Waals surface area contributed by atoms with Crippen LogP contribution in [0, 0.1) is 0 Å². The topological polar surface area (TPSA) is 73.6 Å². The number of nitrogens with one attached hydrogen (secondary N) is 1. The summed E-state index contributed by atoms with van der Waals surface area (Å²) in [4.78, 5) is 11.9. The van der Waals surface area contributed by atoms with Crippen molar-refractivity contribution in [2.45, 2.75) is 19.0 Å². The molecule has 1 amide bonds. The van der Waals surface area contributed by atoms with Crippen molar-refractivity contribution < 1.29 is 14.3 Å². The number of ether oxygens (including phenoxy) is 2. The van der Waals surface area contributed by atoms with E-state index >= 15 is 0 Å². The number of nitrogens with two attached hydrogens (primary N) is 1. The monoisotopic (exact) mass is 360 g/mol. The lowest BCUT2D eigenvalue weighted by Crippen LogP contribution is -2.40. The number of para-hydroxylation sites is 2. The fourth-order valence-corrected chi connectivity index (χ4v) is 2.69. The molecule has 0 heterocycles. The predicted molar refractivity (Wildman–Crippen MR) is 102 cm³/mol. The summed E-state index contributed by atoms with van der Waals surface area (Å²) in [6.07, 6.45) is 2.68. The molecule has 0 fully saturated rings. The van der Waals surface area contributed by atoms with Gasteiger partial charge in [-0.3, -0.25) is 4.79 Å². The van der Waals surface area contributed by atoms with Crippen LogP contribution in [0.1, 0.15) is 12.0 Å². The lowest BCUT2D eigenvalue weighted by molar-refractivity contribution is -0.122. The molecule has 0 unspecified atom stereocenters. The van der Waals surface area contributed by atoms with Gasteiger partial charge in [-0.2, -0.15) is 11.8 Å². The predicted octanol–water partition coefficient (Wildman–Crippen LogP) is 3.18. The minimum atomic E-state index is -0.458. The lowest BCUT2D eigenvalue weighted by atomic mass is 10.2. The zero-order valence-electron chi connectivity index (χ0n) is 14.5. The highest BCUT2D eigenvalue weighted by atomic mass is 32.2. The Kier molecular flexibility index (Phi) is 7.63. The summed E-state index contributed by atoms with van der Waals surface area (Å²) in [5.41, 5.74) is 6.83. The van der Waals surface area contributed by atoms with Crippen molar-refractivity contribution in [2.75, 3.05) is 19.1 Å². The molecule has 2 aromatic carbocycles. The molecule has 5 nitrogen and oxygen atoms in total. The standard InChI is InChI=1S/C19H24N2O3S/c1-23-17-5-3-4-6-18(17)24-15-9-7-14(8-10-15)13-21-19(22)16(20)11-12-25-2/h3-10,16H,11-13,20H2,1-2H3,(H,21,22)/t16-/m0/s1. The van der Waals surface area contributed by atoms with Crippen LogP contribution in [-0.2, 0) is 11.3 Å². The summed E-state index contributed by atoms with van der Waals surface area (Å²) < 4.78 is 11.1. The van der Waals surface area contributed by atoms with Gasteiger partial charge in [0.15, 0.2) is 11.5 Å². The molecule has 0 aliphatic carbocycles. The van der Waals surface area contributed by atoms with Crippen LogP contribution >= 0.6 is 11.8 Å². The third-order valence-corrected chi connectivity index (χ3v) is 4.30. The third-order valence-electron chi connectivity index (χ3n) is 3.66. The van der Waals surface area contributed by atoms with Crippen LogP contribution in [0.5, 0.6) is 17.2 Å². The minimum absolute atomic E-state index is 0.122. The van der Waals surface area contributed by atoms with E-state index in [0.717, 1.165) is 11.3 Å². The Morgan fingerprint density at radius 3 is 2.48 bits per heavy atom. The Hall–Kier alpha value is -2.18. The molecule has 2 rings (SSSR count).